The molecule has 0 aromatic heterocycles. The molecule has 2 aromatic rings. The van der Waals surface area contributed by atoms with E-state index in [0.29, 0.717) is 17.3 Å². The highest BCUT2D eigenvalue weighted by Gasteiger charge is 2.13. The average Bonchev–Trinajstić information content (AvgIpc) is 2.76. The predicted molar refractivity (Wildman–Crippen MR) is 124 cm³/mol. The molecule has 0 unspecified atom stereocenters. The largest absolute Gasteiger partial charge is 0.462 e. The Hall–Kier alpha value is -2.64. The second-order valence-corrected chi connectivity index (χ2v) is 7.67. The molecule has 1 fully saturated rings. The van der Waals surface area contributed by atoms with Crippen molar-refractivity contribution in [1.82, 2.24) is 5.32 Å². The fraction of sp³-hybridized carbons (Fsp3) is 0.391. The molecule has 0 aliphatic carbocycles. The van der Waals surface area contributed by atoms with Gasteiger partial charge < -0.3 is 25.0 Å². The minimum atomic E-state index is -0.318. The first-order chi connectivity index (χ1) is 14.5. The lowest BCUT2D eigenvalue weighted by Crippen LogP contribution is -2.36. The molecule has 0 radical (unpaired) electrons. The van der Waals surface area contributed by atoms with E-state index < -0.39 is 0 Å². The number of benzene rings is 2. The number of hydrogen-bond acceptors (Lipinski definition) is 5. The van der Waals surface area contributed by atoms with Crippen LogP contribution in [-0.2, 0) is 9.47 Å². The molecule has 6 nitrogen and oxygen atoms in total. The zero-order valence-corrected chi connectivity index (χ0v) is 18.6. The molecule has 160 valence electrons. The predicted octanol–water partition coefficient (Wildman–Crippen LogP) is 4.06. The van der Waals surface area contributed by atoms with Gasteiger partial charge in [-0.25, -0.2) is 4.79 Å². The highest BCUT2D eigenvalue weighted by molar-refractivity contribution is 7.80. The number of nitrogens with one attached hydrogen (secondary N) is 2. The third kappa shape index (κ3) is 5.70. The molecule has 7 heteroatoms. The summed E-state index contributed by atoms with van der Waals surface area (Å²) in [4.78, 5) is 14.2. The normalized spacial score (nSPS) is 14.7. The molecule has 1 heterocycles. The van der Waals surface area contributed by atoms with E-state index >= 15 is 0 Å². The Morgan fingerprint density at radius 1 is 1.20 bits per heavy atom. The summed E-state index contributed by atoms with van der Waals surface area (Å²) in [6.45, 7) is 9.57. The molecule has 0 spiro atoms. The van der Waals surface area contributed by atoms with Gasteiger partial charge in [-0.3, -0.25) is 0 Å². The van der Waals surface area contributed by atoms with Crippen LogP contribution in [0, 0.1) is 6.92 Å². The minimum absolute atomic E-state index is 0.0582. The molecule has 1 aliphatic heterocycles. The first-order valence-electron chi connectivity index (χ1n) is 10.3. The fourth-order valence-electron chi connectivity index (χ4n) is 3.38. The second kappa shape index (κ2) is 10.4. The summed E-state index contributed by atoms with van der Waals surface area (Å²) in [6, 6.07) is 14.0. The van der Waals surface area contributed by atoms with Crippen LogP contribution in [0.3, 0.4) is 0 Å². The molecule has 1 aliphatic rings. The van der Waals surface area contributed by atoms with Gasteiger partial charge in [-0.15, -0.1) is 0 Å². The zero-order valence-electron chi connectivity index (χ0n) is 17.7. The van der Waals surface area contributed by atoms with Crippen molar-refractivity contribution in [3.63, 3.8) is 0 Å². The second-order valence-electron chi connectivity index (χ2n) is 7.26. The molecule has 0 bridgehead atoms. The molecular weight excluding hydrogens is 398 g/mol. The van der Waals surface area contributed by atoms with Gasteiger partial charge in [-0.1, -0.05) is 12.1 Å². The van der Waals surface area contributed by atoms with E-state index in [1.165, 1.54) is 5.69 Å². The van der Waals surface area contributed by atoms with Crippen molar-refractivity contribution in [1.29, 1.82) is 0 Å². The standard InChI is InChI=1S/C23H29N3O3S/c1-4-29-22(27)19-7-10-21(16(2)15-19)25-23(30)24-17(3)18-5-8-20(9-6-18)26-11-13-28-14-12-26/h5-10,15,17H,4,11-14H2,1-3H3,(H2,24,25,30)/t17-/m0/s1. The van der Waals surface area contributed by atoms with E-state index in [0.717, 1.165) is 43.1 Å². The van der Waals surface area contributed by atoms with Crippen molar-refractivity contribution in [2.75, 3.05) is 43.1 Å². The monoisotopic (exact) mass is 427 g/mol. The third-order valence-electron chi connectivity index (χ3n) is 5.10. The summed E-state index contributed by atoms with van der Waals surface area (Å²) in [5, 5.41) is 7.08. The summed E-state index contributed by atoms with van der Waals surface area (Å²) in [7, 11) is 0. The van der Waals surface area contributed by atoms with Crippen LogP contribution in [0.25, 0.3) is 0 Å². The van der Waals surface area contributed by atoms with Gasteiger partial charge in [-0.2, -0.15) is 0 Å². The van der Waals surface area contributed by atoms with Crippen LogP contribution in [0.2, 0.25) is 0 Å². The number of ether oxygens (including phenoxy) is 2. The van der Waals surface area contributed by atoms with Gasteiger partial charge in [0.15, 0.2) is 5.11 Å². The fourth-order valence-corrected chi connectivity index (χ4v) is 3.67. The van der Waals surface area contributed by atoms with E-state index in [1.54, 1.807) is 19.1 Å². The van der Waals surface area contributed by atoms with Crippen LogP contribution < -0.4 is 15.5 Å². The van der Waals surface area contributed by atoms with Crippen molar-refractivity contribution in [2.24, 2.45) is 0 Å². The minimum Gasteiger partial charge on any atom is -0.462 e. The Labute approximate surface area is 183 Å². The van der Waals surface area contributed by atoms with Gasteiger partial charge in [0.1, 0.15) is 0 Å². The van der Waals surface area contributed by atoms with Crippen LogP contribution in [-0.4, -0.2) is 44.0 Å². The van der Waals surface area contributed by atoms with E-state index in [2.05, 4.69) is 46.7 Å². The number of rotatable bonds is 6. The molecule has 0 amide bonds. The van der Waals surface area contributed by atoms with Crippen LogP contribution >= 0.6 is 12.2 Å². The number of carbonyl (C=O) groups excluding carboxylic acids is 1. The van der Waals surface area contributed by atoms with Gasteiger partial charge in [0.25, 0.3) is 0 Å². The van der Waals surface area contributed by atoms with E-state index in [-0.39, 0.29) is 12.0 Å². The summed E-state index contributed by atoms with van der Waals surface area (Å²) in [6.07, 6.45) is 0. The number of thiocarbonyl (C=S) groups is 1. The smallest absolute Gasteiger partial charge is 0.338 e. The maximum Gasteiger partial charge on any atom is 0.338 e. The van der Waals surface area contributed by atoms with E-state index in [1.807, 2.05) is 13.0 Å². The number of morpholine rings is 1. The van der Waals surface area contributed by atoms with Gasteiger partial charge in [0.05, 0.1) is 31.4 Å². The summed E-state index contributed by atoms with van der Waals surface area (Å²) in [5.41, 5.74) is 4.69. The lowest BCUT2D eigenvalue weighted by molar-refractivity contribution is 0.0526. The number of nitrogens with zero attached hydrogens (tertiary/aromatic N) is 1. The summed E-state index contributed by atoms with van der Waals surface area (Å²) < 4.78 is 10.5. The van der Waals surface area contributed by atoms with Gasteiger partial charge in [-0.05, 0) is 74.4 Å². The SMILES string of the molecule is CCOC(=O)c1ccc(NC(=S)N[C@@H](C)c2ccc(N3CCOCC3)cc2)c(C)c1. The van der Waals surface area contributed by atoms with Crippen molar-refractivity contribution in [2.45, 2.75) is 26.8 Å². The summed E-state index contributed by atoms with van der Waals surface area (Å²) >= 11 is 5.49. The molecule has 2 aromatic carbocycles. The quantitative estimate of drug-likeness (QED) is 0.532. The molecule has 3 rings (SSSR count). The van der Waals surface area contributed by atoms with Gasteiger partial charge in [0, 0.05) is 24.5 Å². The van der Waals surface area contributed by atoms with Crippen molar-refractivity contribution in [3.8, 4) is 0 Å². The van der Waals surface area contributed by atoms with Crippen LogP contribution in [0.4, 0.5) is 11.4 Å². The lowest BCUT2D eigenvalue weighted by Gasteiger charge is -2.29. The summed E-state index contributed by atoms with van der Waals surface area (Å²) in [5.74, 6) is -0.318. The van der Waals surface area contributed by atoms with Crippen molar-refractivity contribution in [3.05, 3.63) is 59.2 Å². The van der Waals surface area contributed by atoms with Crippen LogP contribution in [0.5, 0.6) is 0 Å². The molecule has 2 N–H and O–H groups in total. The topological polar surface area (TPSA) is 62.8 Å². The third-order valence-corrected chi connectivity index (χ3v) is 5.32. The van der Waals surface area contributed by atoms with Gasteiger partial charge in [0.2, 0.25) is 0 Å². The Balaban J connectivity index is 1.57. The highest BCUT2D eigenvalue weighted by Crippen LogP contribution is 2.21. The Morgan fingerprint density at radius 3 is 2.53 bits per heavy atom. The Kier molecular flexibility index (Phi) is 7.65. The Morgan fingerprint density at radius 2 is 1.90 bits per heavy atom. The Bertz CT molecular complexity index is 880. The number of esters is 1. The van der Waals surface area contributed by atoms with Crippen molar-refractivity contribution >= 4 is 34.7 Å². The molecular formula is C23H29N3O3S. The van der Waals surface area contributed by atoms with Crippen molar-refractivity contribution < 1.29 is 14.3 Å². The maximum atomic E-state index is 11.9. The lowest BCUT2D eigenvalue weighted by atomic mass is 10.1. The maximum absolute atomic E-state index is 11.9. The van der Waals surface area contributed by atoms with E-state index in [9.17, 15) is 4.79 Å². The first kappa shape index (κ1) is 22.1. The first-order valence-corrected chi connectivity index (χ1v) is 10.7. The van der Waals surface area contributed by atoms with E-state index in [4.69, 9.17) is 21.7 Å². The number of aryl methyl sites for hydroxylation is 1. The average molecular weight is 428 g/mol. The molecule has 0 saturated carbocycles. The number of carbonyl (C=O) groups is 1. The highest BCUT2D eigenvalue weighted by atomic mass is 32.1. The number of hydrogen-bond donors (Lipinski definition) is 2. The molecule has 1 atom stereocenters. The van der Waals surface area contributed by atoms with Crippen LogP contribution in [0.15, 0.2) is 42.5 Å². The van der Waals surface area contributed by atoms with Crippen LogP contribution in [0.1, 0.15) is 41.4 Å². The molecule has 30 heavy (non-hydrogen) atoms. The molecule has 1 saturated heterocycles. The zero-order chi connectivity index (χ0) is 21.5. The number of anilines is 2. The van der Waals surface area contributed by atoms with Gasteiger partial charge >= 0.3 is 5.97 Å².